The molecule has 0 unspecified atom stereocenters. The number of carbonyl (C=O) groups is 1. The number of benzene rings is 1. The van der Waals surface area contributed by atoms with E-state index in [1.165, 1.54) is 0 Å². The number of ether oxygens (including phenoxy) is 1. The van der Waals surface area contributed by atoms with Crippen molar-refractivity contribution >= 4 is 28.4 Å². The average molecular weight is 308 g/mol. The molecule has 0 saturated carbocycles. The first kappa shape index (κ1) is 15.5. The maximum atomic E-state index is 11.9. The minimum absolute atomic E-state index is 0.100. The Labute approximate surface area is 128 Å². The monoisotopic (exact) mass is 307 g/mol. The molecule has 0 bridgehead atoms. The zero-order valence-electron chi connectivity index (χ0n) is 12.0. The fraction of sp³-hybridized carbons (Fsp3) is 0.333. The van der Waals surface area contributed by atoms with Gasteiger partial charge < -0.3 is 15.8 Å². The highest BCUT2D eigenvalue weighted by Crippen LogP contribution is 2.29. The lowest BCUT2D eigenvalue weighted by molar-refractivity contribution is -0.124. The number of nitrogens with one attached hydrogen (secondary N) is 1. The van der Waals surface area contributed by atoms with Crippen molar-refractivity contribution in [3.05, 3.63) is 35.5 Å². The van der Waals surface area contributed by atoms with Crippen LogP contribution in [0.15, 0.2) is 30.5 Å². The van der Waals surface area contributed by atoms with Gasteiger partial charge >= 0.3 is 0 Å². The van der Waals surface area contributed by atoms with Gasteiger partial charge in [-0.15, -0.1) is 0 Å². The molecule has 6 heteroatoms. The molecule has 0 fully saturated rings. The summed E-state index contributed by atoms with van der Waals surface area (Å²) >= 11 is 6.11. The zero-order valence-corrected chi connectivity index (χ0v) is 12.8. The van der Waals surface area contributed by atoms with Gasteiger partial charge in [0, 0.05) is 23.7 Å². The molecular weight excluding hydrogens is 290 g/mol. The van der Waals surface area contributed by atoms with Crippen molar-refractivity contribution in [3.63, 3.8) is 0 Å². The SMILES string of the molecule is CC(C)(CN)NC(=O)COc1ccc(Cl)c2cccnc12. The van der Waals surface area contributed by atoms with E-state index >= 15 is 0 Å². The number of halogens is 1. The summed E-state index contributed by atoms with van der Waals surface area (Å²) in [7, 11) is 0. The van der Waals surface area contributed by atoms with Gasteiger partial charge in [0.05, 0.1) is 5.02 Å². The molecule has 0 aliphatic carbocycles. The fourth-order valence-corrected chi connectivity index (χ4v) is 2.05. The Morgan fingerprint density at radius 3 is 2.90 bits per heavy atom. The molecule has 0 saturated heterocycles. The van der Waals surface area contributed by atoms with Crippen LogP contribution < -0.4 is 15.8 Å². The van der Waals surface area contributed by atoms with Crippen molar-refractivity contribution in [2.24, 2.45) is 5.73 Å². The molecule has 1 heterocycles. The van der Waals surface area contributed by atoms with E-state index in [0.717, 1.165) is 5.39 Å². The van der Waals surface area contributed by atoms with Crippen LogP contribution in [0.4, 0.5) is 0 Å². The maximum Gasteiger partial charge on any atom is 0.258 e. The number of nitrogens with zero attached hydrogens (tertiary/aromatic N) is 1. The third-order valence-corrected chi connectivity index (χ3v) is 3.36. The molecule has 2 rings (SSSR count). The van der Waals surface area contributed by atoms with Gasteiger partial charge in [0.25, 0.3) is 5.91 Å². The van der Waals surface area contributed by atoms with E-state index in [2.05, 4.69) is 10.3 Å². The Balaban J connectivity index is 2.11. The summed E-state index contributed by atoms with van der Waals surface area (Å²) < 4.78 is 5.55. The van der Waals surface area contributed by atoms with Crippen molar-refractivity contribution in [3.8, 4) is 5.75 Å². The van der Waals surface area contributed by atoms with Gasteiger partial charge in [-0.1, -0.05) is 11.6 Å². The third kappa shape index (κ3) is 3.83. The van der Waals surface area contributed by atoms with E-state index in [9.17, 15) is 4.79 Å². The van der Waals surface area contributed by atoms with Crippen LogP contribution in [0.5, 0.6) is 5.75 Å². The summed E-state index contributed by atoms with van der Waals surface area (Å²) in [4.78, 5) is 16.1. The summed E-state index contributed by atoms with van der Waals surface area (Å²) in [6.45, 7) is 3.95. The standard InChI is InChI=1S/C15H18ClN3O2/c1-15(2,9-17)19-13(20)8-21-12-6-5-11(16)10-4-3-7-18-14(10)12/h3-7H,8-9,17H2,1-2H3,(H,19,20). The molecule has 0 aliphatic rings. The van der Waals surface area contributed by atoms with Crippen LogP contribution in [0.3, 0.4) is 0 Å². The summed E-state index contributed by atoms with van der Waals surface area (Å²) in [6.07, 6.45) is 1.66. The summed E-state index contributed by atoms with van der Waals surface area (Å²) in [5.41, 5.74) is 5.75. The van der Waals surface area contributed by atoms with Gasteiger partial charge in [0.15, 0.2) is 6.61 Å². The first-order valence-corrected chi connectivity index (χ1v) is 6.98. The van der Waals surface area contributed by atoms with E-state index in [4.69, 9.17) is 22.1 Å². The predicted octanol–water partition coefficient (Wildman–Crippen LogP) is 2.12. The lowest BCUT2D eigenvalue weighted by Crippen LogP contribution is -2.50. The highest BCUT2D eigenvalue weighted by atomic mass is 35.5. The first-order chi connectivity index (χ1) is 9.93. The number of hydrogen-bond donors (Lipinski definition) is 2. The van der Waals surface area contributed by atoms with E-state index in [1.807, 2.05) is 19.9 Å². The molecule has 0 radical (unpaired) electrons. The minimum atomic E-state index is -0.458. The number of hydrogen-bond acceptors (Lipinski definition) is 4. The highest BCUT2D eigenvalue weighted by Gasteiger charge is 2.18. The van der Waals surface area contributed by atoms with Crippen molar-refractivity contribution in [1.29, 1.82) is 0 Å². The molecule has 0 spiro atoms. The predicted molar refractivity (Wildman–Crippen MR) is 83.5 cm³/mol. The first-order valence-electron chi connectivity index (χ1n) is 6.60. The Bertz CT molecular complexity index is 658. The van der Waals surface area contributed by atoms with Crippen LogP contribution in [0.25, 0.3) is 10.9 Å². The molecule has 0 atom stereocenters. The summed E-state index contributed by atoms with van der Waals surface area (Å²) in [5.74, 6) is 0.292. The quantitative estimate of drug-likeness (QED) is 0.887. The van der Waals surface area contributed by atoms with E-state index < -0.39 is 5.54 Å². The van der Waals surface area contributed by atoms with Crippen LogP contribution in [-0.2, 0) is 4.79 Å². The second kappa shape index (κ2) is 6.28. The van der Waals surface area contributed by atoms with E-state index in [1.54, 1.807) is 24.4 Å². The number of amides is 1. The molecule has 0 aliphatic heterocycles. The topological polar surface area (TPSA) is 77.2 Å². The second-order valence-electron chi connectivity index (χ2n) is 5.37. The van der Waals surface area contributed by atoms with E-state index in [-0.39, 0.29) is 12.5 Å². The number of carbonyl (C=O) groups excluding carboxylic acids is 1. The molecule has 112 valence electrons. The Kier molecular flexibility index (Phi) is 4.65. The number of rotatable bonds is 5. The van der Waals surface area contributed by atoms with Crippen LogP contribution >= 0.6 is 11.6 Å². The third-order valence-electron chi connectivity index (χ3n) is 3.03. The molecule has 1 aromatic carbocycles. The van der Waals surface area contributed by atoms with Crippen molar-refractivity contribution in [2.75, 3.05) is 13.2 Å². The minimum Gasteiger partial charge on any atom is -0.481 e. The van der Waals surface area contributed by atoms with Gasteiger partial charge in [-0.25, -0.2) is 0 Å². The Morgan fingerprint density at radius 2 is 2.19 bits per heavy atom. The highest BCUT2D eigenvalue weighted by molar-refractivity contribution is 6.35. The summed E-state index contributed by atoms with van der Waals surface area (Å²) in [5, 5.41) is 4.19. The van der Waals surface area contributed by atoms with Crippen LogP contribution in [-0.4, -0.2) is 29.6 Å². The molecule has 1 amide bonds. The zero-order chi connectivity index (χ0) is 15.5. The van der Waals surface area contributed by atoms with Gasteiger partial charge in [-0.05, 0) is 38.1 Å². The fourth-order valence-electron chi connectivity index (χ4n) is 1.84. The molecule has 1 aromatic heterocycles. The largest absolute Gasteiger partial charge is 0.481 e. The summed E-state index contributed by atoms with van der Waals surface area (Å²) in [6, 6.07) is 7.09. The lowest BCUT2D eigenvalue weighted by atomic mass is 10.1. The van der Waals surface area contributed by atoms with Crippen LogP contribution in [0, 0.1) is 0 Å². The van der Waals surface area contributed by atoms with Gasteiger partial charge in [0.2, 0.25) is 0 Å². The molecular formula is C15H18ClN3O2. The average Bonchev–Trinajstić information content (AvgIpc) is 2.46. The molecule has 21 heavy (non-hydrogen) atoms. The van der Waals surface area contributed by atoms with Gasteiger partial charge in [-0.2, -0.15) is 0 Å². The van der Waals surface area contributed by atoms with Crippen molar-refractivity contribution in [1.82, 2.24) is 10.3 Å². The lowest BCUT2D eigenvalue weighted by Gasteiger charge is -2.24. The smallest absolute Gasteiger partial charge is 0.258 e. The van der Waals surface area contributed by atoms with Crippen LogP contribution in [0.1, 0.15) is 13.8 Å². The Morgan fingerprint density at radius 1 is 1.43 bits per heavy atom. The second-order valence-corrected chi connectivity index (χ2v) is 5.78. The molecule has 5 nitrogen and oxygen atoms in total. The number of pyridine rings is 1. The van der Waals surface area contributed by atoms with Crippen molar-refractivity contribution in [2.45, 2.75) is 19.4 Å². The normalized spacial score (nSPS) is 11.4. The number of fused-ring (bicyclic) bond motifs is 1. The van der Waals surface area contributed by atoms with Gasteiger partial charge in [-0.3, -0.25) is 9.78 Å². The number of aromatic nitrogens is 1. The molecule has 3 N–H and O–H groups in total. The van der Waals surface area contributed by atoms with E-state index in [0.29, 0.717) is 22.8 Å². The van der Waals surface area contributed by atoms with Gasteiger partial charge in [0.1, 0.15) is 11.3 Å². The molecule has 2 aromatic rings. The Hall–Kier alpha value is -1.85. The maximum absolute atomic E-state index is 11.9. The number of nitrogens with two attached hydrogens (primary N) is 1. The van der Waals surface area contributed by atoms with Crippen LogP contribution in [0.2, 0.25) is 5.02 Å². The van der Waals surface area contributed by atoms with Crippen molar-refractivity contribution < 1.29 is 9.53 Å².